The maximum Gasteiger partial charge on any atom is 0.139 e. The first-order valence-corrected chi connectivity index (χ1v) is 5.74. The number of halogens is 2. The first-order valence-electron chi connectivity index (χ1n) is 4.15. The van der Waals surface area contributed by atoms with Crippen LogP contribution in [0.5, 0.6) is 0 Å². The van der Waals surface area contributed by atoms with Crippen LogP contribution in [0.4, 0.5) is 0 Å². The van der Waals surface area contributed by atoms with Gasteiger partial charge in [-0.2, -0.15) is 0 Å². The molecule has 0 atom stereocenters. The number of hydrogen-bond donors (Lipinski definition) is 1. The topological polar surface area (TPSA) is 28.7 Å². The van der Waals surface area contributed by atoms with E-state index in [1.807, 2.05) is 18.2 Å². The summed E-state index contributed by atoms with van der Waals surface area (Å²) in [6, 6.07) is 8.14. The summed E-state index contributed by atoms with van der Waals surface area (Å²) in [5, 5.41) is 0. The van der Waals surface area contributed by atoms with Crippen molar-refractivity contribution < 1.29 is 0 Å². The van der Waals surface area contributed by atoms with Crippen LogP contribution < -0.4 is 0 Å². The smallest absolute Gasteiger partial charge is 0.139 e. The van der Waals surface area contributed by atoms with Gasteiger partial charge in [-0.05, 0) is 44.3 Å². The number of aromatic nitrogens is 2. The molecular weight excluding hydrogens is 308 g/mol. The van der Waals surface area contributed by atoms with Gasteiger partial charge in [0.1, 0.15) is 15.0 Å². The number of aromatic amines is 1. The van der Waals surface area contributed by atoms with Gasteiger partial charge in [-0.15, -0.1) is 0 Å². The molecule has 2 aromatic rings. The average molecular weight is 316 g/mol. The number of hydrogen-bond acceptors (Lipinski definition) is 1. The lowest BCUT2D eigenvalue weighted by Crippen LogP contribution is -1.84. The Morgan fingerprint density at radius 1 is 1.21 bits per heavy atom. The van der Waals surface area contributed by atoms with E-state index in [0.717, 1.165) is 20.6 Å². The quantitative estimate of drug-likeness (QED) is 0.849. The summed E-state index contributed by atoms with van der Waals surface area (Å²) in [7, 11) is 0. The summed E-state index contributed by atoms with van der Waals surface area (Å²) >= 11 is 6.72. The molecule has 4 heteroatoms. The monoisotopic (exact) mass is 314 g/mol. The van der Waals surface area contributed by atoms with Crippen LogP contribution in [-0.4, -0.2) is 9.97 Å². The highest BCUT2D eigenvalue weighted by atomic mass is 79.9. The molecule has 1 aromatic carbocycles. The molecule has 0 aliphatic rings. The summed E-state index contributed by atoms with van der Waals surface area (Å²) in [6.07, 6.45) is 0. The highest BCUT2D eigenvalue weighted by Gasteiger charge is 2.08. The Morgan fingerprint density at radius 2 is 1.93 bits per heavy atom. The SMILES string of the molecule is Cc1ccccc1-c1nc(Br)c(Br)[nH]1. The molecule has 1 heterocycles. The lowest BCUT2D eigenvalue weighted by Gasteiger charge is -2.00. The molecular formula is C10H8Br2N2. The molecule has 0 amide bonds. The Bertz CT molecular complexity index is 443. The molecule has 14 heavy (non-hydrogen) atoms. The number of rotatable bonds is 1. The Morgan fingerprint density at radius 3 is 2.50 bits per heavy atom. The molecule has 2 rings (SSSR count). The van der Waals surface area contributed by atoms with E-state index in [9.17, 15) is 0 Å². The zero-order valence-electron chi connectivity index (χ0n) is 7.51. The standard InChI is InChI=1S/C10H8Br2N2/c1-6-4-2-3-5-7(6)10-13-8(11)9(12)14-10/h2-5H,1H3,(H,13,14). The van der Waals surface area contributed by atoms with E-state index in [-0.39, 0.29) is 0 Å². The molecule has 0 fully saturated rings. The van der Waals surface area contributed by atoms with Crippen molar-refractivity contribution >= 4 is 31.9 Å². The summed E-state index contributed by atoms with van der Waals surface area (Å²) in [4.78, 5) is 7.52. The fraction of sp³-hybridized carbons (Fsp3) is 0.100. The summed E-state index contributed by atoms with van der Waals surface area (Å²) in [5.41, 5.74) is 2.33. The van der Waals surface area contributed by atoms with Crippen LogP contribution in [0.2, 0.25) is 0 Å². The normalized spacial score (nSPS) is 10.5. The Hall–Kier alpha value is -0.610. The van der Waals surface area contributed by atoms with Crippen molar-refractivity contribution in [1.82, 2.24) is 9.97 Å². The summed E-state index contributed by atoms with van der Waals surface area (Å²) < 4.78 is 1.67. The molecule has 0 saturated heterocycles. The van der Waals surface area contributed by atoms with Gasteiger partial charge in [-0.3, -0.25) is 0 Å². The van der Waals surface area contributed by atoms with Crippen LogP contribution in [-0.2, 0) is 0 Å². The van der Waals surface area contributed by atoms with E-state index in [2.05, 4.69) is 54.8 Å². The minimum Gasteiger partial charge on any atom is -0.332 e. The Labute approximate surface area is 99.0 Å². The third-order valence-electron chi connectivity index (χ3n) is 2.02. The summed E-state index contributed by atoms with van der Waals surface area (Å²) in [5.74, 6) is 0.877. The zero-order valence-corrected chi connectivity index (χ0v) is 10.7. The van der Waals surface area contributed by atoms with Crippen molar-refractivity contribution in [2.75, 3.05) is 0 Å². The predicted molar refractivity (Wildman–Crippen MR) is 64.2 cm³/mol. The van der Waals surface area contributed by atoms with E-state index < -0.39 is 0 Å². The van der Waals surface area contributed by atoms with Crippen molar-refractivity contribution in [3.8, 4) is 11.4 Å². The minimum absolute atomic E-state index is 0.802. The van der Waals surface area contributed by atoms with E-state index in [0.29, 0.717) is 0 Å². The highest BCUT2D eigenvalue weighted by molar-refractivity contribution is 9.13. The molecule has 0 spiro atoms. The molecule has 1 aromatic heterocycles. The van der Waals surface area contributed by atoms with E-state index in [1.165, 1.54) is 5.56 Å². The molecule has 0 saturated carbocycles. The van der Waals surface area contributed by atoms with Gasteiger partial charge < -0.3 is 4.98 Å². The fourth-order valence-corrected chi connectivity index (χ4v) is 1.85. The molecule has 72 valence electrons. The van der Waals surface area contributed by atoms with E-state index >= 15 is 0 Å². The van der Waals surface area contributed by atoms with Crippen LogP contribution in [0.3, 0.4) is 0 Å². The van der Waals surface area contributed by atoms with Crippen molar-refractivity contribution in [2.45, 2.75) is 6.92 Å². The fourth-order valence-electron chi connectivity index (χ4n) is 1.30. The second-order valence-electron chi connectivity index (χ2n) is 3.01. The van der Waals surface area contributed by atoms with Gasteiger partial charge in [-0.1, -0.05) is 24.3 Å². The number of aryl methyl sites for hydroxylation is 1. The van der Waals surface area contributed by atoms with E-state index in [1.54, 1.807) is 0 Å². The predicted octanol–water partition coefficient (Wildman–Crippen LogP) is 3.91. The summed E-state index contributed by atoms with van der Waals surface area (Å²) in [6.45, 7) is 2.07. The van der Waals surface area contributed by atoms with Crippen LogP contribution in [0.1, 0.15) is 5.56 Å². The maximum atomic E-state index is 4.36. The number of imidazole rings is 1. The number of nitrogens with one attached hydrogen (secondary N) is 1. The third kappa shape index (κ3) is 1.77. The van der Waals surface area contributed by atoms with Crippen LogP contribution >= 0.6 is 31.9 Å². The van der Waals surface area contributed by atoms with Crippen LogP contribution in [0, 0.1) is 6.92 Å². The molecule has 2 nitrogen and oxygen atoms in total. The van der Waals surface area contributed by atoms with Crippen molar-refractivity contribution in [3.63, 3.8) is 0 Å². The first-order chi connectivity index (χ1) is 6.68. The molecule has 0 radical (unpaired) electrons. The average Bonchev–Trinajstić information content (AvgIpc) is 2.48. The zero-order chi connectivity index (χ0) is 10.1. The van der Waals surface area contributed by atoms with Gasteiger partial charge in [-0.25, -0.2) is 4.98 Å². The molecule has 1 N–H and O–H groups in total. The van der Waals surface area contributed by atoms with Gasteiger partial charge in [0.2, 0.25) is 0 Å². The Balaban J connectivity index is 2.55. The minimum atomic E-state index is 0.802. The van der Waals surface area contributed by atoms with Crippen molar-refractivity contribution in [2.24, 2.45) is 0 Å². The van der Waals surface area contributed by atoms with Gasteiger partial charge in [0, 0.05) is 5.56 Å². The lowest BCUT2D eigenvalue weighted by atomic mass is 10.1. The highest BCUT2D eigenvalue weighted by Crippen LogP contribution is 2.26. The number of H-pyrrole nitrogens is 1. The van der Waals surface area contributed by atoms with Crippen LogP contribution in [0.15, 0.2) is 33.5 Å². The largest absolute Gasteiger partial charge is 0.332 e. The second-order valence-corrected chi connectivity index (χ2v) is 4.55. The van der Waals surface area contributed by atoms with Gasteiger partial charge in [0.25, 0.3) is 0 Å². The third-order valence-corrected chi connectivity index (χ3v) is 3.70. The van der Waals surface area contributed by atoms with E-state index in [4.69, 9.17) is 0 Å². The number of nitrogens with zero attached hydrogens (tertiary/aromatic N) is 1. The molecule has 0 bridgehead atoms. The van der Waals surface area contributed by atoms with Crippen molar-refractivity contribution in [3.05, 3.63) is 39.0 Å². The first kappa shape index (κ1) is 9.93. The van der Waals surface area contributed by atoms with Crippen LogP contribution in [0.25, 0.3) is 11.4 Å². The number of benzene rings is 1. The van der Waals surface area contributed by atoms with Gasteiger partial charge >= 0.3 is 0 Å². The van der Waals surface area contributed by atoms with Gasteiger partial charge in [0.05, 0.1) is 0 Å². The second kappa shape index (κ2) is 3.87. The maximum absolute atomic E-state index is 4.36. The molecule has 0 aliphatic carbocycles. The van der Waals surface area contributed by atoms with Gasteiger partial charge in [0.15, 0.2) is 0 Å². The Kier molecular flexibility index (Phi) is 2.74. The molecule has 0 unspecified atom stereocenters. The van der Waals surface area contributed by atoms with Crippen molar-refractivity contribution in [1.29, 1.82) is 0 Å². The molecule has 0 aliphatic heterocycles. The lowest BCUT2D eigenvalue weighted by molar-refractivity contribution is 1.27.